The summed E-state index contributed by atoms with van der Waals surface area (Å²) < 4.78 is 14.1. The van der Waals surface area contributed by atoms with Gasteiger partial charge in [-0.25, -0.2) is 4.39 Å². The number of likely N-dealkylation sites (tertiary alicyclic amines) is 1. The van der Waals surface area contributed by atoms with Crippen LogP contribution in [0, 0.1) is 11.7 Å². The summed E-state index contributed by atoms with van der Waals surface area (Å²) in [6.07, 6.45) is 2.03. The Morgan fingerprint density at radius 3 is 3.00 bits per heavy atom. The maximum Gasteiger partial charge on any atom is 0.227 e. The molecule has 19 heavy (non-hydrogen) atoms. The Bertz CT molecular complexity index is 488. The number of benzene rings is 1. The molecule has 0 aliphatic carbocycles. The topological polar surface area (TPSA) is 32.3 Å². The SMILES string of the molecule is O=C1C2CCCNC2CN1Cc1cc(F)cc(Br)c1. The monoisotopic (exact) mass is 326 g/mol. The average Bonchev–Trinajstić information content (AvgIpc) is 2.66. The van der Waals surface area contributed by atoms with Crippen molar-refractivity contribution in [3.8, 4) is 0 Å². The second-order valence-electron chi connectivity index (χ2n) is 5.31. The van der Waals surface area contributed by atoms with Gasteiger partial charge in [-0.2, -0.15) is 0 Å². The number of hydrogen-bond acceptors (Lipinski definition) is 2. The molecule has 3 nitrogen and oxygen atoms in total. The van der Waals surface area contributed by atoms with Gasteiger partial charge in [-0.1, -0.05) is 15.9 Å². The summed E-state index contributed by atoms with van der Waals surface area (Å²) in [5.74, 6) is 0.0508. The number of halogens is 2. The van der Waals surface area contributed by atoms with Crippen LogP contribution in [0.2, 0.25) is 0 Å². The first-order valence-corrected chi connectivity index (χ1v) is 7.40. The van der Waals surface area contributed by atoms with Crippen LogP contribution in [-0.4, -0.2) is 29.9 Å². The maximum absolute atomic E-state index is 13.3. The highest BCUT2D eigenvalue weighted by Crippen LogP contribution is 2.28. The third-order valence-electron chi connectivity index (χ3n) is 3.93. The van der Waals surface area contributed by atoms with Gasteiger partial charge in [-0.15, -0.1) is 0 Å². The predicted molar refractivity (Wildman–Crippen MR) is 74.0 cm³/mol. The van der Waals surface area contributed by atoms with E-state index in [2.05, 4.69) is 21.2 Å². The third kappa shape index (κ3) is 2.67. The predicted octanol–water partition coefficient (Wildman–Crippen LogP) is 2.30. The van der Waals surface area contributed by atoms with Crippen LogP contribution in [0.4, 0.5) is 4.39 Å². The van der Waals surface area contributed by atoms with Gasteiger partial charge in [0.05, 0.1) is 5.92 Å². The summed E-state index contributed by atoms with van der Waals surface area (Å²) in [6.45, 7) is 2.22. The van der Waals surface area contributed by atoms with Gasteiger partial charge in [0.2, 0.25) is 5.91 Å². The zero-order valence-corrected chi connectivity index (χ0v) is 12.1. The number of fused-ring (bicyclic) bond motifs is 1. The molecule has 1 aromatic carbocycles. The van der Waals surface area contributed by atoms with Gasteiger partial charge in [0, 0.05) is 23.6 Å². The van der Waals surface area contributed by atoms with Crippen molar-refractivity contribution in [3.05, 3.63) is 34.1 Å². The number of nitrogens with zero attached hydrogens (tertiary/aromatic N) is 1. The molecule has 2 fully saturated rings. The van der Waals surface area contributed by atoms with Gasteiger partial charge in [-0.05, 0) is 43.1 Å². The van der Waals surface area contributed by atoms with Crippen LogP contribution in [0.5, 0.6) is 0 Å². The van der Waals surface area contributed by atoms with Crippen LogP contribution >= 0.6 is 15.9 Å². The van der Waals surface area contributed by atoms with Crippen molar-refractivity contribution in [2.75, 3.05) is 13.1 Å². The molecule has 3 rings (SSSR count). The van der Waals surface area contributed by atoms with Gasteiger partial charge in [0.25, 0.3) is 0 Å². The van der Waals surface area contributed by atoms with Gasteiger partial charge >= 0.3 is 0 Å². The molecule has 102 valence electrons. The second kappa shape index (κ2) is 5.21. The maximum atomic E-state index is 13.3. The summed E-state index contributed by atoms with van der Waals surface area (Å²) in [7, 11) is 0. The van der Waals surface area contributed by atoms with Crippen molar-refractivity contribution in [3.63, 3.8) is 0 Å². The van der Waals surface area contributed by atoms with Crippen LogP contribution in [0.25, 0.3) is 0 Å². The van der Waals surface area contributed by atoms with E-state index in [4.69, 9.17) is 0 Å². The second-order valence-corrected chi connectivity index (χ2v) is 6.22. The lowest BCUT2D eigenvalue weighted by atomic mass is 9.94. The largest absolute Gasteiger partial charge is 0.336 e. The minimum atomic E-state index is -0.272. The quantitative estimate of drug-likeness (QED) is 0.904. The molecule has 2 atom stereocenters. The molecule has 2 saturated heterocycles. The molecule has 0 radical (unpaired) electrons. The van der Waals surface area contributed by atoms with E-state index in [0.717, 1.165) is 31.5 Å². The highest BCUT2D eigenvalue weighted by atomic mass is 79.9. The first kappa shape index (κ1) is 13.1. The number of hydrogen-bond donors (Lipinski definition) is 1. The molecule has 1 amide bonds. The lowest BCUT2D eigenvalue weighted by Gasteiger charge is -2.23. The molecule has 2 unspecified atom stereocenters. The standard InChI is InChI=1S/C14H16BrFN2O/c15-10-4-9(5-11(16)6-10)7-18-8-13-12(14(18)19)2-1-3-17-13/h4-6,12-13,17H,1-3,7-8H2. The Morgan fingerprint density at radius 1 is 1.42 bits per heavy atom. The van der Waals surface area contributed by atoms with Gasteiger partial charge < -0.3 is 10.2 Å². The van der Waals surface area contributed by atoms with Crippen molar-refractivity contribution in [2.24, 2.45) is 5.92 Å². The molecule has 0 aromatic heterocycles. The molecule has 5 heteroatoms. The van der Waals surface area contributed by atoms with Gasteiger partial charge in [-0.3, -0.25) is 4.79 Å². The first-order valence-electron chi connectivity index (χ1n) is 6.60. The number of rotatable bonds is 2. The van der Waals surface area contributed by atoms with E-state index in [9.17, 15) is 9.18 Å². The van der Waals surface area contributed by atoms with Crippen LogP contribution in [0.1, 0.15) is 18.4 Å². The minimum Gasteiger partial charge on any atom is -0.336 e. The minimum absolute atomic E-state index is 0.116. The smallest absolute Gasteiger partial charge is 0.227 e. The highest BCUT2D eigenvalue weighted by Gasteiger charge is 2.41. The zero-order valence-electron chi connectivity index (χ0n) is 10.5. The van der Waals surface area contributed by atoms with Gasteiger partial charge in [0.1, 0.15) is 5.82 Å². The van der Waals surface area contributed by atoms with Gasteiger partial charge in [0.15, 0.2) is 0 Å². The van der Waals surface area contributed by atoms with E-state index in [1.165, 1.54) is 12.1 Å². The number of carbonyl (C=O) groups excluding carboxylic acids is 1. The lowest BCUT2D eigenvalue weighted by Crippen LogP contribution is -2.41. The number of amides is 1. The fourth-order valence-corrected chi connectivity index (χ4v) is 3.58. The molecule has 2 heterocycles. The van der Waals surface area contributed by atoms with E-state index in [1.807, 2.05) is 11.0 Å². The Balaban J connectivity index is 1.75. The summed E-state index contributed by atoms with van der Waals surface area (Å²) in [4.78, 5) is 14.1. The molecular weight excluding hydrogens is 311 g/mol. The Hall–Kier alpha value is -0.940. The van der Waals surface area contributed by atoms with Crippen molar-refractivity contribution in [2.45, 2.75) is 25.4 Å². The molecule has 2 aliphatic heterocycles. The summed E-state index contributed by atoms with van der Waals surface area (Å²) in [5, 5.41) is 3.40. The molecule has 0 spiro atoms. The molecular formula is C14H16BrFN2O. The fraction of sp³-hybridized carbons (Fsp3) is 0.500. The van der Waals surface area contributed by atoms with Crippen LogP contribution in [0.15, 0.2) is 22.7 Å². The average molecular weight is 327 g/mol. The molecule has 0 saturated carbocycles. The normalized spacial score (nSPS) is 26.6. The molecule has 1 aromatic rings. The Morgan fingerprint density at radius 2 is 2.26 bits per heavy atom. The molecule has 0 bridgehead atoms. The number of carbonyl (C=O) groups is 1. The van der Waals surface area contributed by atoms with Crippen LogP contribution < -0.4 is 5.32 Å². The molecule has 1 N–H and O–H groups in total. The van der Waals surface area contributed by atoms with E-state index in [1.54, 1.807) is 0 Å². The van der Waals surface area contributed by atoms with E-state index in [-0.39, 0.29) is 23.7 Å². The third-order valence-corrected chi connectivity index (χ3v) is 4.38. The van der Waals surface area contributed by atoms with Crippen molar-refractivity contribution >= 4 is 21.8 Å². The van der Waals surface area contributed by atoms with Crippen LogP contribution in [-0.2, 0) is 11.3 Å². The number of nitrogens with one attached hydrogen (secondary N) is 1. The van der Waals surface area contributed by atoms with E-state index < -0.39 is 0 Å². The molecule has 2 aliphatic rings. The first-order chi connectivity index (χ1) is 9.13. The van der Waals surface area contributed by atoms with Crippen molar-refractivity contribution in [1.29, 1.82) is 0 Å². The van der Waals surface area contributed by atoms with Crippen LogP contribution in [0.3, 0.4) is 0 Å². The summed E-state index contributed by atoms with van der Waals surface area (Å²) >= 11 is 3.28. The summed E-state index contributed by atoms with van der Waals surface area (Å²) in [6, 6.07) is 5.06. The number of piperidine rings is 1. The Kier molecular flexibility index (Phi) is 3.58. The highest BCUT2D eigenvalue weighted by molar-refractivity contribution is 9.10. The van der Waals surface area contributed by atoms with Crippen molar-refractivity contribution in [1.82, 2.24) is 10.2 Å². The zero-order chi connectivity index (χ0) is 13.4. The summed E-state index contributed by atoms with van der Waals surface area (Å²) in [5.41, 5.74) is 0.832. The lowest BCUT2D eigenvalue weighted by molar-refractivity contribution is -0.131. The van der Waals surface area contributed by atoms with Crippen molar-refractivity contribution < 1.29 is 9.18 Å². The Labute approximate surface area is 120 Å². The fourth-order valence-electron chi connectivity index (χ4n) is 3.07. The van der Waals surface area contributed by atoms with E-state index >= 15 is 0 Å². The van der Waals surface area contributed by atoms with E-state index in [0.29, 0.717) is 11.0 Å².